The molecule has 0 atom stereocenters. The fourth-order valence-electron chi connectivity index (χ4n) is 4.57. The zero-order valence-corrected chi connectivity index (χ0v) is 22.8. The first-order valence-electron chi connectivity index (χ1n) is 12.7. The molecular formula is C27H37N5O4S. The minimum Gasteiger partial charge on any atom is -0.381 e. The van der Waals surface area contributed by atoms with Crippen LogP contribution in [0.5, 0.6) is 0 Å². The zero-order chi connectivity index (χ0) is 26.6. The predicted molar refractivity (Wildman–Crippen MR) is 145 cm³/mol. The van der Waals surface area contributed by atoms with Gasteiger partial charge in [0.25, 0.3) is 0 Å². The summed E-state index contributed by atoms with van der Waals surface area (Å²) in [6.45, 7) is 9.35. The number of rotatable bonds is 9. The van der Waals surface area contributed by atoms with Crippen LogP contribution in [0.3, 0.4) is 0 Å². The van der Waals surface area contributed by atoms with E-state index >= 15 is 0 Å². The maximum Gasteiger partial charge on any atom is 0.240 e. The summed E-state index contributed by atoms with van der Waals surface area (Å²) >= 11 is 0. The second-order valence-electron chi connectivity index (χ2n) is 10.6. The van der Waals surface area contributed by atoms with Crippen LogP contribution in [0, 0.1) is 5.92 Å². The van der Waals surface area contributed by atoms with Gasteiger partial charge in [-0.1, -0.05) is 26.8 Å². The lowest BCUT2D eigenvalue weighted by molar-refractivity contribution is -0.115. The Morgan fingerprint density at radius 3 is 2.46 bits per heavy atom. The lowest BCUT2D eigenvalue weighted by atomic mass is 9.94. The topological polar surface area (TPSA) is 114 Å². The van der Waals surface area contributed by atoms with Crippen LogP contribution in [0.1, 0.15) is 45.0 Å². The number of fused-ring (bicyclic) bond motifs is 1. The summed E-state index contributed by atoms with van der Waals surface area (Å²) in [5.41, 5.74) is 3.19. The number of anilines is 1. The maximum absolute atomic E-state index is 12.9. The second-order valence-corrected chi connectivity index (χ2v) is 12.4. The highest BCUT2D eigenvalue weighted by Gasteiger charge is 2.25. The molecule has 0 radical (unpaired) electrons. The van der Waals surface area contributed by atoms with Crippen molar-refractivity contribution in [1.29, 1.82) is 0 Å². The largest absolute Gasteiger partial charge is 0.381 e. The molecule has 0 unspecified atom stereocenters. The average molecular weight is 528 g/mol. The Kier molecular flexibility index (Phi) is 8.33. The van der Waals surface area contributed by atoms with Crippen molar-refractivity contribution >= 4 is 32.7 Å². The molecule has 10 heteroatoms. The van der Waals surface area contributed by atoms with Crippen molar-refractivity contribution in [3.63, 3.8) is 0 Å². The number of hydrogen-bond acceptors (Lipinski definition) is 6. The van der Waals surface area contributed by atoms with Gasteiger partial charge in [0.1, 0.15) is 5.82 Å². The Morgan fingerprint density at radius 1 is 1.11 bits per heavy atom. The van der Waals surface area contributed by atoms with Gasteiger partial charge >= 0.3 is 0 Å². The molecule has 4 rings (SSSR count). The summed E-state index contributed by atoms with van der Waals surface area (Å²) in [6.07, 6.45) is 2.10. The number of nitrogens with zero attached hydrogens (tertiary/aromatic N) is 2. The van der Waals surface area contributed by atoms with Crippen LogP contribution < -0.4 is 15.4 Å². The molecule has 0 bridgehead atoms. The van der Waals surface area contributed by atoms with E-state index in [1.54, 1.807) is 19.2 Å². The van der Waals surface area contributed by atoms with Gasteiger partial charge < -0.3 is 19.9 Å². The molecule has 0 aliphatic carbocycles. The molecule has 3 aromatic rings. The van der Waals surface area contributed by atoms with Gasteiger partial charge in [-0.2, -0.15) is 0 Å². The molecular weight excluding hydrogens is 490 g/mol. The molecule has 3 N–H and O–H groups in total. The highest BCUT2D eigenvalue weighted by atomic mass is 32.2. The van der Waals surface area contributed by atoms with Crippen molar-refractivity contribution in [2.24, 2.45) is 5.92 Å². The molecule has 1 saturated heterocycles. The van der Waals surface area contributed by atoms with Gasteiger partial charge in [0.05, 0.1) is 22.5 Å². The maximum atomic E-state index is 12.9. The number of imidazole rings is 1. The van der Waals surface area contributed by atoms with E-state index in [9.17, 15) is 13.2 Å². The van der Waals surface area contributed by atoms with Crippen molar-refractivity contribution in [1.82, 2.24) is 19.6 Å². The average Bonchev–Trinajstić information content (AvgIpc) is 3.22. The summed E-state index contributed by atoms with van der Waals surface area (Å²) in [5, 5.41) is 5.48. The highest BCUT2D eigenvalue weighted by Crippen LogP contribution is 2.30. The van der Waals surface area contributed by atoms with E-state index in [4.69, 9.17) is 9.72 Å². The number of likely N-dealkylation sites (N-methyl/N-ethyl adjacent to an activating group) is 1. The molecule has 1 aliphatic heterocycles. The number of nitrogens with one attached hydrogen (secondary N) is 3. The van der Waals surface area contributed by atoms with E-state index < -0.39 is 10.0 Å². The van der Waals surface area contributed by atoms with Crippen LogP contribution in [0.2, 0.25) is 0 Å². The molecule has 9 nitrogen and oxygen atoms in total. The first-order chi connectivity index (χ1) is 17.6. The number of aromatic nitrogens is 2. The molecule has 37 heavy (non-hydrogen) atoms. The third-order valence-electron chi connectivity index (χ3n) is 6.52. The van der Waals surface area contributed by atoms with Crippen LogP contribution in [0.4, 0.5) is 5.69 Å². The molecule has 2 aromatic carbocycles. The number of ether oxygens (including phenoxy) is 1. The van der Waals surface area contributed by atoms with Crippen molar-refractivity contribution in [3.8, 4) is 0 Å². The Bertz CT molecular complexity index is 1340. The number of benzene rings is 2. The fourth-order valence-corrected chi connectivity index (χ4v) is 5.59. The van der Waals surface area contributed by atoms with Gasteiger partial charge in [0, 0.05) is 37.4 Å². The summed E-state index contributed by atoms with van der Waals surface area (Å²) in [7, 11) is -2.04. The first kappa shape index (κ1) is 27.3. The van der Waals surface area contributed by atoms with Gasteiger partial charge in [-0.25, -0.2) is 18.1 Å². The fraction of sp³-hybridized carbons (Fsp3) is 0.481. The number of hydrogen-bond donors (Lipinski definition) is 3. The van der Waals surface area contributed by atoms with Gasteiger partial charge in [0.2, 0.25) is 15.9 Å². The number of sulfonamides is 1. The standard InChI is InChI=1S/C27H37N5O4S/c1-27(2,3)26-31-23-15-20(5-10-24(23)32(26)18-19-11-13-36-14-12-19)16-29-37(34,35)22-8-6-21(7-9-22)30-25(33)17-28-4/h5-10,15,19,28-29H,11-14,16-18H2,1-4H3,(H,30,33). The van der Waals surface area contributed by atoms with Crippen LogP contribution in [-0.2, 0) is 38.1 Å². The molecule has 0 spiro atoms. The lowest BCUT2D eigenvalue weighted by Gasteiger charge is -2.26. The van der Waals surface area contributed by atoms with Crippen LogP contribution in [0.15, 0.2) is 47.4 Å². The van der Waals surface area contributed by atoms with Crippen molar-refractivity contribution in [2.45, 2.75) is 57.0 Å². The smallest absolute Gasteiger partial charge is 0.240 e. The lowest BCUT2D eigenvalue weighted by Crippen LogP contribution is -2.25. The molecule has 200 valence electrons. The molecule has 1 amide bonds. The van der Waals surface area contributed by atoms with Crippen molar-refractivity contribution in [2.75, 3.05) is 32.1 Å². The first-order valence-corrected chi connectivity index (χ1v) is 14.2. The summed E-state index contributed by atoms with van der Waals surface area (Å²) in [4.78, 5) is 16.8. The third kappa shape index (κ3) is 6.75. The molecule has 1 fully saturated rings. The molecule has 0 saturated carbocycles. The van der Waals surface area contributed by atoms with E-state index in [0.717, 1.165) is 55.0 Å². The van der Waals surface area contributed by atoms with E-state index in [-0.39, 0.29) is 29.3 Å². The Balaban J connectivity index is 1.49. The number of amides is 1. The van der Waals surface area contributed by atoms with Crippen molar-refractivity contribution < 1.29 is 17.9 Å². The van der Waals surface area contributed by atoms with Gasteiger partial charge in [-0.15, -0.1) is 0 Å². The number of carbonyl (C=O) groups excluding carboxylic acids is 1. The predicted octanol–water partition coefficient (Wildman–Crippen LogP) is 3.40. The van der Waals surface area contributed by atoms with Gasteiger partial charge in [0.15, 0.2) is 0 Å². The molecule has 1 aromatic heterocycles. The normalized spacial score (nSPS) is 15.2. The minimum absolute atomic E-state index is 0.120. The molecule has 1 aliphatic rings. The second kappa shape index (κ2) is 11.3. The van der Waals surface area contributed by atoms with E-state index in [2.05, 4.69) is 40.7 Å². The third-order valence-corrected chi connectivity index (χ3v) is 7.93. The Hall–Kier alpha value is -2.79. The summed E-state index contributed by atoms with van der Waals surface area (Å²) in [6, 6.07) is 12.1. The zero-order valence-electron chi connectivity index (χ0n) is 22.0. The quantitative estimate of drug-likeness (QED) is 0.393. The summed E-state index contributed by atoms with van der Waals surface area (Å²) in [5.74, 6) is 1.40. The molecule has 2 heterocycles. The van der Waals surface area contributed by atoms with Gasteiger partial charge in [-0.3, -0.25) is 4.79 Å². The summed E-state index contributed by atoms with van der Waals surface area (Å²) < 4.78 is 36.3. The Morgan fingerprint density at radius 2 is 1.81 bits per heavy atom. The van der Waals surface area contributed by atoms with Crippen LogP contribution >= 0.6 is 0 Å². The minimum atomic E-state index is -3.73. The Labute approximate surface area is 219 Å². The SMILES string of the molecule is CNCC(=O)Nc1ccc(S(=O)(=O)NCc2ccc3c(c2)nc(C(C)(C)C)n3CC2CCOCC2)cc1. The van der Waals surface area contributed by atoms with E-state index in [1.165, 1.54) is 12.1 Å². The van der Waals surface area contributed by atoms with E-state index in [0.29, 0.717) is 11.6 Å². The number of carbonyl (C=O) groups is 1. The van der Waals surface area contributed by atoms with E-state index in [1.807, 2.05) is 18.2 Å². The highest BCUT2D eigenvalue weighted by molar-refractivity contribution is 7.89. The van der Waals surface area contributed by atoms with Crippen molar-refractivity contribution in [3.05, 3.63) is 53.9 Å². The monoisotopic (exact) mass is 527 g/mol. The van der Waals surface area contributed by atoms with Gasteiger partial charge in [-0.05, 0) is 67.8 Å². The van der Waals surface area contributed by atoms with Crippen LogP contribution in [0.25, 0.3) is 11.0 Å². The van der Waals surface area contributed by atoms with Crippen LogP contribution in [-0.4, -0.2) is 50.7 Å².